The lowest BCUT2D eigenvalue weighted by atomic mass is 9.69. The molecule has 0 saturated heterocycles. The molecule has 0 fully saturated rings. The summed E-state index contributed by atoms with van der Waals surface area (Å²) in [6.45, 7) is 4.76. The van der Waals surface area contributed by atoms with Gasteiger partial charge in [0.15, 0.2) is 0 Å². The van der Waals surface area contributed by atoms with E-state index < -0.39 is 5.41 Å². The van der Waals surface area contributed by atoms with Crippen LogP contribution in [0.1, 0.15) is 47.2 Å². The molecule has 0 aromatic heterocycles. The van der Waals surface area contributed by atoms with E-state index in [9.17, 15) is 0 Å². The lowest BCUT2D eigenvalue weighted by Crippen LogP contribution is -2.26. The van der Waals surface area contributed by atoms with E-state index in [1.807, 2.05) is 0 Å². The number of hydrogen-bond acceptors (Lipinski definition) is 0. The molecule has 0 heterocycles. The fourth-order valence-corrected chi connectivity index (χ4v) is 12.5. The van der Waals surface area contributed by atoms with E-state index in [0.29, 0.717) is 0 Å². The largest absolute Gasteiger partial charge is 0.0731 e. The van der Waals surface area contributed by atoms with Crippen LogP contribution in [0.4, 0.5) is 0 Å². The topological polar surface area (TPSA) is 0 Å². The summed E-state index contributed by atoms with van der Waals surface area (Å²) in [4.78, 5) is 0. The van der Waals surface area contributed by atoms with E-state index in [2.05, 4.69) is 220 Å². The number of hydrogen-bond donors (Lipinski definition) is 0. The van der Waals surface area contributed by atoms with Gasteiger partial charge in [-0.3, -0.25) is 0 Å². The second-order valence-electron chi connectivity index (χ2n) is 18.2. The quantitative estimate of drug-likeness (QED) is 0.153. The average molecular weight is 785 g/mol. The molecule has 11 aromatic rings. The highest BCUT2D eigenvalue weighted by Crippen LogP contribution is 2.65. The van der Waals surface area contributed by atoms with Crippen LogP contribution in [-0.2, 0) is 10.8 Å². The van der Waals surface area contributed by atoms with Crippen molar-refractivity contribution in [1.29, 1.82) is 0 Å². The summed E-state index contributed by atoms with van der Waals surface area (Å²) in [5, 5.41) is 10.3. The Kier molecular flexibility index (Phi) is 6.65. The van der Waals surface area contributed by atoms with Crippen LogP contribution in [0, 0.1) is 0 Å². The van der Waals surface area contributed by atoms with Crippen LogP contribution in [0.2, 0.25) is 0 Å². The Bertz CT molecular complexity index is 3680. The third kappa shape index (κ3) is 4.17. The molecule has 0 radical (unpaired) electrons. The normalized spacial score (nSPS) is 14.5. The molecule has 0 amide bonds. The van der Waals surface area contributed by atoms with Gasteiger partial charge in [0.1, 0.15) is 0 Å². The van der Waals surface area contributed by atoms with Crippen LogP contribution in [0.15, 0.2) is 206 Å². The van der Waals surface area contributed by atoms with E-state index in [0.717, 1.165) is 0 Å². The van der Waals surface area contributed by atoms with Gasteiger partial charge in [-0.2, -0.15) is 0 Å². The van der Waals surface area contributed by atoms with Crippen molar-refractivity contribution >= 4 is 43.1 Å². The van der Waals surface area contributed by atoms with Crippen LogP contribution < -0.4 is 0 Å². The molecule has 62 heavy (non-hydrogen) atoms. The Hall–Kier alpha value is -7.54. The third-order valence-corrected chi connectivity index (χ3v) is 15.0. The van der Waals surface area contributed by atoms with Crippen molar-refractivity contribution in [2.45, 2.75) is 24.7 Å². The number of rotatable bonds is 2. The fraction of sp³-hybridized carbons (Fsp3) is 0.0645. The van der Waals surface area contributed by atoms with Gasteiger partial charge in [0.05, 0.1) is 5.41 Å². The van der Waals surface area contributed by atoms with Crippen molar-refractivity contribution in [3.63, 3.8) is 0 Å². The Labute approximate surface area is 361 Å². The zero-order chi connectivity index (χ0) is 40.9. The van der Waals surface area contributed by atoms with Gasteiger partial charge in [0.2, 0.25) is 0 Å². The molecule has 0 saturated carbocycles. The number of fused-ring (bicyclic) bond motifs is 19. The molecule has 288 valence electrons. The van der Waals surface area contributed by atoms with Gasteiger partial charge < -0.3 is 0 Å². The molecular weight excluding hydrogens is 745 g/mol. The van der Waals surface area contributed by atoms with Gasteiger partial charge in [-0.1, -0.05) is 208 Å². The van der Waals surface area contributed by atoms with Gasteiger partial charge in [-0.05, 0) is 144 Å². The van der Waals surface area contributed by atoms with Crippen LogP contribution in [0.5, 0.6) is 0 Å². The molecule has 1 spiro atoms. The zero-order valence-electron chi connectivity index (χ0n) is 34.6. The van der Waals surface area contributed by atoms with Gasteiger partial charge in [-0.25, -0.2) is 0 Å². The first kappa shape index (κ1) is 34.2. The van der Waals surface area contributed by atoms with Crippen molar-refractivity contribution in [2.24, 2.45) is 0 Å². The van der Waals surface area contributed by atoms with Crippen LogP contribution in [0.25, 0.3) is 98.7 Å². The molecule has 3 aliphatic rings. The zero-order valence-corrected chi connectivity index (χ0v) is 34.6. The minimum atomic E-state index is -0.435. The molecule has 0 N–H and O–H groups in total. The molecule has 0 unspecified atom stereocenters. The Balaban J connectivity index is 1.03. The van der Waals surface area contributed by atoms with E-state index >= 15 is 0 Å². The second kappa shape index (κ2) is 12.1. The minimum Gasteiger partial charge on any atom is -0.0619 e. The highest BCUT2D eigenvalue weighted by atomic mass is 14.5. The summed E-state index contributed by atoms with van der Waals surface area (Å²) in [6, 6.07) is 78.5. The van der Waals surface area contributed by atoms with Gasteiger partial charge in [-0.15, -0.1) is 0 Å². The predicted octanol–water partition coefficient (Wildman–Crippen LogP) is 16.3. The minimum absolute atomic E-state index is 0.0749. The maximum atomic E-state index is 2.48. The van der Waals surface area contributed by atoms with Crippen LogP contribution in [0.3, 0.4) is 0 Å². The molecule has 0 atom stereocenters. The van der Waals surface area contributed by atoms with E-state index in [1.54, 1.807) is 0 Å². The smallest absolute Gasteiger partial charge is 0.0619 e. The summed E-state index contributed by atoms with van der Waals surface area (Å²) in [7, 11) is 0. The fourth-order valence-electron chi connectivity index (χ4n) is 12.5. The lowest BCUT2D eigenvalue weighted by Gasteiger charge is -2.31. The maximum Gasteiger partial charge on any atom is 0.0731 e. The Morgan fingerprint density at radius 3 is 1.39 bits per heavy atom. The summed E-state index contributed by atoms with van der Waals surface area (Å²) >= 11 is 0. The number of benzene rings is 11. The lowest BCUT2D eigenvalue weighted by molar-refractivity contribution is 0.660. The molecule has 14 rings (SSSR count). The Morgan fingerprint density at radius 2 is 0.742 bits per heavy atom. The van der Waals surface area contributed by atoms with Gasteiger partial charge in [0.25, 0.3) is 0 Å². The SMILES string of the molecule is CC1(C)c2ccccc2-c2ccc(-c3c4ccccc4c(-c4ccc5c6c(ccc5c4)-c4c(ccc5ccccc45)C64c5ccccc5-c5ccccc54)c4ccccc34)cc21. The molecule has 0 bridgehead atoms. The maximum absolute atomic E-state index is 2.48. The van der Waals surface area contributed by atoms with E-state index in [1.165, 1.54) is 132 Å². The highest BCUT2D eigenvalue weighted by Gasteiger charge is 2.52. The summed E-state index contributed by atoms with van der Waals surface area (Å²) in [6.07, 6.45) is 0. The predicted molar refractivity (Wildman–Crippen MR) is 261 cm³/mol. The van der Waals surface area contributed by atoms with Crippen LogP contribution in [-0.4, -0.2) is 0 Å². The van der Waals surface area contributed by atoms with Crippen molar-refractivity contribution < 1.29 is 0 Å². The Morgan fingerprint density at radius 1 is 0.274 bits per heavy atom. The highest BCUT2D eigenvalue weighted by molar-refractivity contribution is 6.22. The monoisotopic (exact) mass is 784 g/mol. The molecule has 0 heteroatoms. The molecule has 0 aliphatic heterocycles. The summed E-state index contributed by atoms with van der Waals surface area (Å²) < 4.78 is 0. The van der Waals surface area contributed by atoms with Crippen molar-refractivity contribution in [3.8, 4) is 55.6 Å². The van der Waals surface area contributed by atoms with Crippen molar-refractivity contribution in [3.05, 3.63) is 240 Å². The van der Waals surface area contributed by atoms with Gasteiger partial charge in [0, 0.05) is 5.41 Å². The molecular formula is C62H40. The average Bonchev–Trinajstić information content (AvgIpc) is 3.89. The van der Waals surface area contributed by atoms with Crippen LogP contribution >= 0.6 is 0 Å². The van der Waals surface area contributed by atoms with Crippen molar-refractivity contribution in [2.75, 3.05) is 0 Å². The summed E-state index contributed by atoms with van der Waals surface area (Å²) in [5.74, 6) is 0. The van der Waals surface area contributed by atoms with Gasteiger partial charge >= 0.3 is 0 Å². The first-order valence-electron chi connectivity index (χ1n) is 22.0. The molecule has 11 aromatic carbocycles. The van der Waals surface area contributed by atoms with Crippen molar-refractivity contribution in [1.82, 2.24) is 0 Å². The first-order chi connectivity index (χ1) is 30.5. The second-order valence-corrected chi connectivity index (χ2v) is 18.2. The third-order valence-electron chi connectivity index (χ3n) is 15.0. The molecule has 3 aliphatic carbocycles. The standard InChI is InChI=1S/C62H40/c1-61(2)52-24-12-9-17-43(52)46-32-29-40(36-56(46)61)58-49-22-7-5-20-47(49)57(48-21-6-8-23-50(48)58)39-28-31-42-38(35-39)27-33-51-59-41-16-4-3-15-37(41)30-34-55(59)62(60(42)51)53-25-13-10-18-44(53)45-19-11-14-26-54(45)62/h3-36H,1-2H3. The van der Waals surface area contributed by atoms with E-state index in [4.69, 9.17) is 0 Å². The summed E-state index contributed by atoms with van der Waals surface area (Å²) in [5.41, 5.74) is 21.0. The molecule has 0 nitrogen and oxygen atoms in total. The van der Waals surface area contributed by atoms with E-state index in [-0.39, 0.29) is 5.41 Å². The first-order valence-corrected chi connectivity index (χ1v) is 22.0.